The smallest absolute Gasteiger partial charge is 0.406 e. The van der Waals surface area contributed by atoms with Crippen molar-refractivity contribution in [3.63, 3.8) is 0 Å². The number of halogens is 3. The lowest BCUT2D eigenvalue weighted by Gasteiger charge is -2.34. The molecule has 1 heterocycles. The second-order valence-electron chi connectivity index (χ2n) is 9.13. The fourth-order valence-electron chi connectivity index (χ4n) is 4.32. The number of hydrogen-bond acceptors (Lipinski definition) is 4. The maximum Gasteiger partial charge on any atom is 0.573 e. The Balaban J connectivity index is 1.80. The number of nitrogens with one attached hydrogen (secondary N) is 2. The minimum atomic E-state index is -4.75. The Morgan fingerprint density at radius 3 is 2.23 bits per heavy atom. The molecule has 4 rings (SSSR count). The van der Waals surface area contributed by atoms with Gasteiger partial charge in [0, 0.05) is 17.7 Å². The van der Waals surface area contributed by atoms with Crippen molar-refractivity contribution < 1.29 is 22.7 Å². The molecule has 2 aromatic carbocycles. The first-order chi connectivity index (χ1) is 14.4. The summed E-state index contributed by atoms with van der Waals surface area (Å²) in [6, 6.07) is 9.31. The summed E-state index contributed by atoms with van der Waals surface area (Å²) in [5.41, 5.74) is 5.98. The zero-order valence-electron chi connectivity index (χ0n) is 17.9. The fourth-order valence-corrected chi connectivity index (χ4v) is 4.32. The normalized spacial score (nSPS) is 20.2. The number of anilines is 2. The predicted molar refractivity (Wildman–Crippen MR) is 114 cm³/mol. The van der Waals surface area contributed by atoms with E-state index in [1.165, 1.54) is 12.1 Å². The zero-order chi connectivity index (χ0) is 22.6. The quantitative estimate of drug-likeness (QED) is 0.577. The molecule has 0 amide bonds. The Hall–Kier alpha value is -2.96. The number of carbonyl (C=O) groups excluding carboxylic acids is 1. The van der Waals surface area contributed by atoms with Crippen molar-refractivity contribution in [2.24, 2.45) is 5.41 Å². The largest absolute Gasteiger partial charge is 0.573 e. The van der Waals surface area contributed by atoms with Gasteiger partial charge in [0.2, 0.25) is 0 Å². The molecule has 2 N–H and O–H groups in total. The Kier molecular flexibility index (Phi) is 5.03. The van der Waals surface area contributed by atoms with Gasteiger partial charge in [-0.2, -0.15) is 0 Å². The van der Waals surface area contributed by atoms with E-state index >= 15 is 0 Å². The standard InChI is InChI=1S/C24H25F3N2O2/c1-13-9-17-18(10-14(13)2)29-22(15-5-7-16(8-6-15)31-24(25,26)27)21-19(28-17)11-23(3,4)12-20(21)30/h5-10,22,28-29H,11-12H2,1-4H3. The van der Waals surface area contributed by atoms with E-state index < -0.39 is 12.4 Å². The summed E-state index contributed by atoms with van der Waals surface area (Å²) in [5.74, 6) is -0.256. The first-order valence-electron chi connectivity index (χ1n) is 10.2. The molecule has 7 heteroatoms. The number of ether oxygens (including phenoxy) is 1. The molecule has 0 bridgehead atoms. The van der Waals surface area contributed by atoms with E-state index in [-0.39, 0.29) is 16.9 Å². The Labute approximate surface area is 179 Å². The van der Waals surface area contributed by atoms with Gasteiger partial charge in [-0.1, -0.05) is 26.0 Å². The summed E-state index contributed by atoms with van der Waals surface area (Å²) in [6.45, 7) is 8.18. The minimum Gasteiger partial charge on any atom is -0.406 e. The molecule has 1 aliphatic carbocycles. The summed E-state index contributed by atoms with van der Waals surface area (Å²) in [7, 11) is 0. The van der Waals surface area contributed by atoms with Crippen LogP contribution in [0.1, 0.15) is 49.4 Å². The van der Waals surface area contributed by atoms with Crippen molar-refractivity contribution in [3.05, 3.63) is 64.4 Å². The average molecular weight is 430 g/mol. The van der Waals surface area contributed by atoms with Crippen LogP contribution in [0.3, 0.4) is 0 Å². The van der Waals surface area contributed by atoms with Crippen LogP contribution in [0.5, 0.6) is 5.75 Å². The third kappa shape index (κ3) is 4.40. The van der Waals surface area contributed by atoms with E-state index in [4.69, 9.17) is 0 Å². The van der Waals surface area contributed by atoms with Gasteiger partial charge in [0.1, 0.15) is 5.75 Å². The lowest BCUT2D eigenvalue weighted by atomic mass is 9.73. The molecule has 1 unspecified atom stereocenters. The van der Waals surface area contributed by atoms with E-state index in [2.05, 4.69) is 35.3 Å². The highest BCUT2D eigenvalue weighted by Crippen LogP contribution is 2.46. The van der Waals surface area contributed by atoms with E-state index in [9.17, 15) is 18.0 Å². The molecule has 2 aliphatic rings. The Morgan fingerprint density at radius 1 is 1.00 bits per heavy atom. The van der Waals surface area contributed by atoms with Gasteiger partial charge in [-0.05, 0) is 66.6 Å². The lowest BCUT2D eigenvalue weighted by molar-refractivity contribution is -0.274. The second-order valence-corrected chi connectivity index (χ2v) is 9.13. The van der Waals surface area contributed by atoms with Gasteiger partial charge in [0.25, 0.3) is 0 Å². The van der Waals surface area contributed by atoms with Crippen LogP contribution in [-0.2, 0) is 4.79 Å². The number of benzene rings is 2. The number of alkyl halides is 3. The van der Waals surface area contributed by atoms with Crippen LogP contribution in [0, 0.1) is 19.3 Å². The molecule has 0 saturated carbocycles. The van der Waals surface area contributed by atoms with Crippen molar-refractivity contribution in [1.82, 2.24) is 0 Å². The summed E-state index contributed by atoms with van der Waals surface area (Å²) in [4.78, 5) is 13.2. The van der Waals surface area contributed by atoms with Gasteiger partial charge in [-0.3, -0.25) is 4.79 Å². The lowest BCUT2D eigenvalue weighted by Crippen LogP contribution is -2.31. The summed E-state index contributed by atoms with van der Waals surface area (Å²) < 4.78 is 41.6. The topological polar surface area (TPSA) is 50.4 Å². The molecule has 4 nitrogen and oxygen atoms in total. The van der Waals surface area contributed by atoms with Crippen LogP contribution in [0.2, 0.25) is 0 Å². The van der Waals surface area contributed by atoms with Crippen molar-refractivity contribution in [1.29, 1.82) is 0 Å². The molecule has 0 radical (unpaired) electrons. The van der Waals surface area contributed by atoms with Crippen molar-refractivity contribution in [2.45, 2.75) is 52.9 Å². The van der Waals surface area contributed by atoms with Gasteiger partial charge in [-0.15, -0.1) is 13.2 Å². The third-order valence-corrected chi connectivity index (χ3v) is 5.87. The van der Waals surface area contributed by atoms with E-state index in [1.54, 1.807) is 12.1 Å². The van der Waals surface area contributed by atoms with Crippen LogP contribution in [0.25, 0.3) is 0 Å². The van der Waals surface area contributed by atoms with E-state index in [0.29, 0.717) is 24.0 Å². The summed E-state index contributed by atoms with van der Waals surface area (Å²) >= 11 is 0. The molecule has 31 heavy (non-hydrogen) atoms. The molecular formula is C24H25F3N2O2. The number of aryl methyl sites for hydroxylation is 2. The molecule has 0 fully saturated rings. The van der Waals surface area contributed by atoms with Crippen molar-refractivity contribution in [3.8, 4) is 5.75 Å². The maximum absolute atomic E-state index is 13.2. The highest BCUT2D eigenvalue weighted by molar-refractivity contribution is 6.01. The van der Waals surface area contributed by atoms with Gasteiger partial charge in [0.15, 0.2) is 5.78 Å². The summed E-state index contributed by atoms with van der Waals surface area (Å²) in [6.07, 6.45) is -3.63. The Bertz CT molecular complexity index is 1070. The van der Waals surface area contributed by atoms with Crippen LogP contribution in [-0.4, -0.2) is 12.1 Å². The Morgan fingerprint density at radius 2 is 1.61 bits per heavy atom. The molecule has 2 aromatic rings. The molecule has 0 aromatic heterocycles. The van der Waals surface area contributed by atoms with Gasteiger partial charge >= 0.3 is 6.36 Å². The van der Waals surface area contributed by atoms with Gasteiger partial charge in [-0.25, -0.2) is 0 Å². The summed E-state index contributed by atoms with van der Waals surface area (Å²) in [5, 5.41) is 6.94. The monoisotopic (exact) mass is 430 g/mol. The molecule has 1 atom stereocenters. The first kappa shape index (κ1) is 21.3. The minimum absolute atomic E-state index is 0.0353. The fraction of sp³-hybridized carbons (Fsp3) is 0.375. The number of ketones is 1. The number of allylic oxidation sites excluding steroid dienone is 1. The number of hydrogen-bond donors (Lipinski definition) is 2. The zero-order valence-corrected chi connectivity index (χ0v) is 17.9. The second kappa shape index (κ2) is 7.32. The maximum atomic E-state index is 13.2. The van der Waals surface area contributed by atoms with Crippen LogP contribution in [0.15, 0.2) is 47.7 Å². The van der Waals surface area contributed by atoms with E-state index in [1.807, 2.05) is 19.9 Å². The number of rotatable bonds is 2. The highest BCUT2D eigenvalue weighted by Gasteiger charge is 2.39. The average Bonchev–Trinajstić information content (AvgIpc) is 2.77. The molecule has 1 aliphatic heterocycles. The first-order valence-corrected chi connectivity index (χ1v) is 10.2. The molecule has 0 saturated heterocycles. The van der Waals surface area contributed by atoms with Crippen molar-refractivity contribution in [2.75, 3.05) is 10.6 Å². The van der Waals surface area contributed by atoms with Crippen LogP contribution >= 0.6 is 0 Å². The van der Waals surface area contributed by atoms with Crippen LogP contribution < -0.4 is 15.4 Å². The number of Topliss-reactive ketones (excluding diaryl/α,β-unsaturated/α-hetero) is 1. The van der Waals surface area contributed by atoms with Gasteiger partial charge in [0.05, 0.1) is 17.4 Å². The number of carbonyl (C=O) groups is 1. The number of fused-ring (bicyclic) bond motifs is 1. The van der Waals surface area contributed by atoms with E-state index in [0.717, 1.165) is 28.2 Å². The highest BCUT2D eigenvalue weighted by atomic mass is 19.4. The third-order valence-electron chi connectivity index (χ3n) is 5.87. The molecule has 164 valence electrons. The molecular weight excluding hydrogens is 405 g/mol. The van der Waals surface area contributed by atoms with Crippen LogP contribution in [0.4, 0.5) is 24.5 Å². The SMILES string of the molecule is Cc1cc2c(cc1C)NC(c1ccc(OC(F)(F)F)cc1)C1=C(CC(C)(C)CC1=O)N2. The molecule has 0 spiro atoms. The predicted octanol–water partition coefficient (Wildman–Crippen LogP) is 6.42. The van der Waals surface area contributed by atoms with Gasteiger partial charge < -0.3 is 15.4 Å². The van der Waals surface area contributed by atoms with Crippen molar-refractivity contribution >= 4 is 17.2 Å².